The highest BCUT2D eigenvalue weighted by molar-refractivity contribution is 6.30. The summed E-state index contributed by atoms with van der Waals surface area (Å²) in [5, 5.41) is 0.418. The van der Waals surface area contributed by atoms with Gasteiger partial charge in [0.25, 0.3) is 0 Å². The predicted molar refractivity (Wildman–Crippen MR) is 71.7 cm³/mol. The summed E-state index contributed by atoms with van der Waals surface area (Å²) in [7, 11) is 0. The van der Waals surface area contributed by atoms with Crippen LogP contribution in [-0.2, 0) is 0 Å². The first kappa shape index (κ1) is 14.5. The Kier molecular flexibility index (Phi) is 6.53. The Hall–Kier alpha value is -0.600. The van der Waals surface area contributed by atoms with E-state index < -0.39 is 0 Å². The van der Waals surface area contributed by atoms with Crippen LogP contribution in [0.5, 0.6) is 0 Å². The minimum absolute atomic E-state index is 0.214. The molecule has 0 bridgehead atoms. The van der Waals surface area contributed by atoms with Crippen LogP contribution < -0.4 is 5.73 Å². The number of hydrogen-bond donors (Lipinski definition) is 1. The summed E-state index contributed by atoms with van der Waals surface area (Å²) in [6.45, 7) is 2.19. The van der Waals surface area contributed by atoms with Gasteiger partial charge in [0.1, 0.15) is 5.82 Å². The van der Waals surface area contributed by atoms with E-state index in [0.717, 1.165) is 12.8 Å². The first-order valence-corrected chi connectivity index (χ1v) is 6.73. The standard InChI is InChI=1S/C14H21ClFN/c1-2-3-4-5-6-7-14(17)12-9-8-11(15)10-13(12)16/h8-10,14H,2-7,17H2,1H3. The topological polar surface area (TPSA) is 26.0 Å². The van der Waals surface area contributed by atoms with Gasteiger partial charge < -0.3 is 5.73 Å². The van der Waals surface area contributed by atoms with Gasteiger partial charge in [-0.3, -0.25) is 0 Å². The van der Waals surface area contributed by atoms with Crippen molar-refractivity contribution in [3.8, 4) is 0 Å². The van der Waals surface area contributed by atoms with Crippen LogP contribution in [0.3, 0.4) is 0 Å². The molecule has 1 aromatic carbocycles. The Morgan fingerprint density at radius 3 is 2.59 bits per heavy atom. The molecule has 2 N–H and O–H groups in total. The molecule has 0 spiro atoms. The number of unbranched alkanes of at least 4 members (excludes halogenated alkanes) is 4. The average Bonchev–Trinajstić information content (AvgIpc) is 2.28. The zero-order valence-electron chi connectivity index (χ0n) is 10.4. The lowest BCUT2D eigenvalue weighted by molar-refractivity contribution is 0.527. The van der Waals surface area contributed by atoms with Gasteiger partial charge in [-0.15, -0.1) is 0 Å². The number of halogens is 2. The molecule has 1 unspecified atom stereocenters. The molecule has 96 valence electrons. The van der Waals surface area contributed by atoms with Crippen LogP contribution in [0.1, 0.15) is 57.1 Å². The van der Waals surface area contributed by atoms with Gasteiger partial charge in [-0.05, 0) is 18.6 Å². The Bertz CT molecular complexity index is 341. The van der Waals surface area contributed by atoms with E-state index in [1.807, 2.05) is 0 Å². The second-order valence-corrected chi connectivity index (χ2v) is 4.91. The van der Waals surface area contributed by atoms with Crippen molar-refractivity contribution >= 4 is 11.6 Å². The Balaban J connectivity index is 2.38. The summed E-state index contributed by atoms with van der Waals surface area (Å²) in [4.78, 5) is 0. The van der Waals surface area contributed by atoms with E-state index in [0.29, 0.717) is 10.6 Å². The first-order chi connectivity index (χ1) is 8.15. The lowest BCUT2D eigenvalue weighted by atomic mass is 10.0. The summed E-state index contributed by atoms with van der Waals surface area (Å²) in [6, 6.07) is 4.49. The molecule has 0 saturated heterocycles. The zero-order valence-corrected chi connectivity index (χ0v) is 11.1. The summed E-state index contributed by atoms with van der Waals surface area (Å²) < 4.78 is 13.6. The molecule has 1 aromatic rings. The van der Waals surface area contributed by atoms with Crippen LogP contribution in [0.2, 0.25) is 5.02 Å². The van der Waals surface area contributed by atoms with Crippen molar-refractivity contribution in [2.75, 3.05) is 0 Å². The molecule has 0 saturated carbocycles. The fourth-order valence-electron chi connectivity index (χ4n) is 1.93. The molecule has 1 atom stereocenters. The summed E-state index contributed by atoms with van der Waals surface area (Å²) in [6.07, 6.45) is 6.82. The van der Waals surface area contributed by atoms with E-state index in [2.05, 4.69) is 6.92 Å². The van der Waals surface area contributed by atoms with Gasteiger partial charge in [-0.2, -0.15) is 0 Å². The number of nitrogens with two attached hydrogens (primary N) is 1. The van der Waals surface area contributed by atoms with Crippen LogP contribution in [-0.4, -0.2) is 0 Å². The molecule has 0 radical (unpaired) electrons. The Morgan fingerprint density at radius 2 is 1.94 bits per heavy atom. The van der Waals surface area contributed by atoms with E-state index in [4.69, 9.17) is 17.3 Å². The van der Waals surface area contributed by atoms with E-state index in [-0.39, 0.29) is 11.9 Å². The molecule has 0 aromatic heterocycles. The third-order valence-electron chi connectivity index (χ3n) is 2.98. The highest BCUT2D eigenvalue weighted by Crippen LogP contribution is 2.23. The minimum atomic E-state index is -0.293. The lowest BCUT2D eigenvalue weighted by Gasteiger charge is -2.13. The van der Waals surface area contributed by atoms with Crippen molar-refractivity contribution in [3.63, 3.8) is 0 Å². The zero-order chi connectivity index (χ0) is 12.7. The van der Waals surface area contributed by atoms with Crippen molar-refractivity contribution in [2.45, 2.75) is 51.5 Å². The monoisotopic (exact) mass is 257 g/mol. The molecule has 3 heteroatoms. The van der Waals surface area contributed by atoms with Gasteiger partial charge >= 0.3 is 0 Å². The maximum absolute atomic E-state index is 13.6. The maximum atomic E-state index is 13.6. The van der Waals surface area contributed by atoms with E-state index in [1.165, 1.54) is 31.7 Å². The fourth-order valence-corrected chi connectivity index (χ4v) is 2.08. The highest BCUT2D eigenvalue weighted by atomic mass is 35.5. The van der Waals surface area contributed by atoms with E-state index in [9.17, 15) is 4.39 Å². The van der Waals surface area contributed by atoms with Gasteiger partial charge in [0.2, 0.25) is 0 Å². The van der Waals surface area contributed by atoms with Crippen molar-refractivity contribution in [2.24, 2.45) is 5.73 Å². The van der Waals surface area contributed by atoms with Gasteiger partial charge in [0.05, 0.1) is 0 Å². The van der Waals surface area contributed by atoms with Crippen LogP contribution >= 0.6 is 11.6 Å². The summed E-state index contributed by atoms with van der Waals surface area (Å²) in [5.74, 6) is -0.293. The van der Waals surface area contributed by atoms with Crippen molar-refractivity contribution in [3.05, 3.63) is 34.6 Å². The second kappa shape index (κ2) is 7.67. The van der Waals surface area contributed by atoms with Crippen LogP contribution in [0.15, 0.2) is 18.2 Å². The molecule has 17 heavy (non-hydrogen) atoms. The smallest absolute Gasteiger partial charge is 0.129 e. The second-order valence-electron chi connectivity index (χ2n) is 4.48. The fraction of sp³-hybridized carbons (Fsp3) is 0.571. The van der Waals surface area contributed by atoms with Gasteiger partial charge in [-0.25, -0.2) is 4.39 Å². The number of rotatable bonds is 7. The quantitative estimate of drug-likeness (QED) is 0.695. The third-order valence-corrected chi connectivity index (χ3v) is 3.22. The molecule has 1 rings (SSSR count). The SMILES string of the molecule is CCCCCCCC(N)c1ccc(Cl)cc1F. The normalized spacial score (nSPS) is 12.7. The molecule has 0 aliphatic heterocycles. The van der Waals surface area contributed by atoms with Crippen molar-refractivity contribution in [1.29, 1.82) is 0 Å². The molecule has 0 aliphatic rings. The number of hydrogen-bond acceptors (Lipinski definition) is 1. The average molecular weight is 258 g/mol. The molecule has 0 fully saturated rings. The summed E-state index contributed by atoms with van der Waals surface area (Å²) in [5.41, 5.74) is 6.55. The Labute approximate surface area is 108 Å². The third kappa shape index (κ3) is 5.05. The predicted octanol–water partition coefficient (Wildman–Crippen LogP) is 4.84. The molecule has 0 heterocycles. The van der Waals surface area contributed by atoms with Gasteiger partial charge in [-0.1, -0.05) is 56.7 Å². The van der Waals surface area contributed by atoms with Crippen molar-refractivity contribution in [1.82, 2.24) is 0 Å². The van der Waals surface area contributed by atoms with Gasteiger partial charge in [0.15, 0.2) is 0 Å². The minimum Gasteiger partial charge on any atom is -0.324 e. The van der Waals surface area contributed by atoms with Gasteiger partial charge in [0, 0.05) is 16.6 Å². The molecule has 1 nitrogen and oxygen atoms in total. The highest BCUT2D eigenvalue weighted by Gasteiger charge is 2.11. The Morgan fingerprint density at radius 1 is 1.24 bits per heavy atom. The largest absolute Gasteiger partial charge is 0.324 e. The van der Waals surface area contributed by atoms with E-state index in [1.54, 1.807) is 12.1 Å². The molecule has 0 aliphatic carbocycles. The molecule has 0 amide bonds. The van der Waals surface area contributed by atoms with Crippen LogP contribution in [0, 0.1) is 5.82 Å². The lowest BCUT2D eigenvalue weighted by Crippen LogP contribution is -2.12. The molecular formula is C14H21ClFN. The first-order valence-electron chi connectivity index (χ1n) is 6.35. The van der Waals surface area contributed by atoms with Crippen LogP contribution in [0.25, 0.3) is 0 Å². The maximum Gasteiger partial charge on any atom is 0.129 e. The van der Waals surface area contributed by atoms with E-state index >= 15 is 0 Å². The number of benzene rings is 1. The van der Waals surface area contributed by atoms with Crippen LogP contribution in [0.4, 0.5) is 4.39 Å². The van der Waals surface area contributed by atoms with Crippen molar-refractivity contribution < 1.29 is 4.39 Å². The molecular weight excluding hydrogens is 237 g/mol. The summed E-state index contributed by atoms with van der Waals surface area (Å²) >= 11 is 5.70.